The second-order valence-electron chi connectivity index (χ2n) is 7.06. The minimum absolute atomic E-state index is 0.195. The zero-order chi connectivity index (χ0) is 20.8. The molecule has 0 unspecified atom stereocenters. The van der Waals surface area contributed by atoms with E-state index in [1.165, 1.54) is 5.56 Å². The zero-order valence-electron chi connectivity index (χ0n) is 16.8. The summed E-state index contributed by atoms with van der Waals surface area (Å²) in [7, 11) is 1.63. The van der Waals surface area contributed by atoms with Gasteiger partial charge in [0.1, 0.15) is 5.75 Å². The van der Waals surface area contributed by atoms with Crippen molar-refractivity contribution in [3.8, 4) is 5.75 Å². The van der Waals surface area contributed by atoms with Gasteiger partial charge in [0.15, 0.2) is 0 Å². The smallest absolute Gasteiger partial charge is 0.315 e. The van der Waals surface area contributed by atoms with Gasteiger partial charge in [-0.2, -0.15) is 0 Å². The van der Waals surface area contributed by atoms with Crippen LogP contribution in [-0.2, 0) is 19.6 Å². The SMILES string of the molecule is COc1ccc(CNC(=O)NCc2ccc(Cn3cnc4ccccc43)cc2)cc1. The number of carbonyl (C=O) groups excluding carboxylic acids is 1. The molecule has 0 fully saturated rings. The molecule has 3 aromatic carbocycles. The Bertz CT molecular complexity index is 1120. The molecule has 6 nitrogen and oxygen atoms in total. The van der Waals surface area contributed by atoms with E-state index in [9.17, 15) is 4.79 Å². The van der Waals surface area contributed by atoms with Gasteiger partial charge >= 0.3 is 6.03 Å². The molecule has 1 heterocycles. The van der Waals surface area contributed by atoms with Gasteiger partial charge in [0.05, 0.1) is 24.5 Å². The van der Waals surface area contributed by atoms with E-state index < -0.39 is 0 Å². The first-order chi connectivity index (χ1) is 14.7. The molecule has 0 aliphatic carbocycles. The Morgan fingerprint density at radius 3 is 2.13 bits per heavy atom. The van der Waals surface area contributed by atoms with Gasteiger partial charge < -0.3 is 19.9 Å². The van der Waals surface area contributed by atoms with Gasteiger partial charge in [-0.05, 0) is 41.0 Å². The molecule has 0 radical (unpaired) electrons. The maximum Gasteiger partial charge on any atom is 0.315 e. The third kappa shape index (κ3) is 4.78. The summed E-state index contributed by atoms with van der Waals surface area (Å²) in [5, 5.41) is 5.75. The highest BCUT2D eigenvalue weighted by molar-refractivity contribution is 5.75. The van der Waals surface area contributed by atoms with Crippen LogP contribution in [0.1, 0.15) is 16.7 Å². The van der Waals surface area contributed by atoms with Crippen LogP contribution in [0.3, 0.4) is 0 Å². The maximum absolute atomic E-state index is 12.1. The third-order valence-electron chi connectivity index (χ3n) is 4.97. The number of rotatable bonds is 7. The molecule has 0 aliphatic rings. The predicted molar refractivity (Wildman–Crippen MR) is 117 cm³/mol. The van der Waals surface area contributed by atoms with Gasteiger partial charge in [0.25, 0.3) is 0 Å². The van der Waals surface area contributed by atoms with Crippen molar-refractivity contribution in [3.63, 3.8) is 0 Å². The van der Waals surface area contributed by atoms with Gasteiger partial charge in [0.2, 0.25) is 0 Å². The summed E-state index contributed by atoms with van der Waals surface area (Å²) in [6, 6.07) is 23.8. The number of ether oxygens (including phenoxy) is 1. The number of amides is 2. The average molecular weight is 400 g/mol. The third-order valence-corrected chi connectivity index (χ3v) is 4.97. The summed E-state index contributed by atoms with van der Waals surface area (Å²) in [6.07, 6.45) is 1.87. The zero-order valence-corrected chi connectivity index (χ0v) is 16.8. The van der Waals surface area contributed by atoms with Crippen molar-refractivity contribution in [2.24, 2.45) is 0 Å². The molecule has 0 aliphatic heterocycles. The standard InChI is InChI=1S/C24H24N4O2/c1-30-21-12-10-19(11-13-21)15-26-24(29)25-14-18-6-8-20(9-7-18)16-28-17-27-22-4-2-3-5-23(22)28/h2-13,17H,14-16H2,1H3,(H2,25,26,29). The van der Waals surface area contributed by atoms with E-state index in [0.29, 0.717) is 13.1 Å². The first-order valence-electron chi connectivity index (χ1n) is 9.83. The Hall–Kier alpha value is -3.80. The van der Waals surface area contributed by atoms with Crippen molar-refractivity contribution < 1.29 is 9.53 Å². The summed E-state index contributed by atoms with van der Waals surface area (Å²) in [5.74, 6) is 0.799. The van der Waals surface area contributed by atoms with Crippen molar-refractivity contribution in [1.29, 1.82) is 0 Å². The second kappa shape index (κ2) is 9.13. The lowest BCUT2D eigenvalue weighted by atomic mass is 10.1. The summed E-state index contributed by atoms with van der Waals surface area (Å²) < 4.78 is 7.27. The van der Waals surface area contributed by atoms with Crippen molar-refractivity contribution in [1.82, 2.24) is 20.2 Å². The summed E-state index contributed by atoms with van der Waals surface area (Å²) in [6.45, 7) is 1.70. The van der Waals surface area contributed by atoms with Crippen LogP contribution >= 0.6 is 0 Å². The Balaban J connectivity index is 1.26. The van der Waals surface area contributed by atoms with Crippen LogP contribution in [0.25, 0.3) is 11.0 Å². The molecular formula is C24H24N4O2. The second-order valence-corrected chi connectivity index (χ2v) is 7.06. The number of hydrogen-bond donors (Lipinski definition) is 2. The van der Waals surface area contributed by atoms with E-state index in [4.69, 9.17) is 4.74 Å². The molecule has 152 valence electrons. The first kappa shape index (κ1) is 19.5. The lowest BCUT2D eigenvalue weighted by Crippen LogP contribution is -2.34. The number of imidazole rings is 1. The molecule has 0 saturated carbocycles. The van der Waals surface area contributed by atoms with Crippen LogP contribution in [-0.4, -0.2) is 22.7 Å². The van der Waals surface area contributed by atoms with Gasteiger partial charge in [-0.3, -0.25) is 0 Å². The lowest BCUT2D eigenvalue weighted by Gasteiger charge is -2.09. The number of hydrogen-bond acceptors (Lipinski definition) is 3. The van der Waals surface area contributed by atoms with Crippen LogP contribution in [0.2, 0.25) is 0 Å². The van der Waals surface area contributed by atoms with E-state index >= 15 is 0 Å². The first-order valence-corrected chi connectivity index (χ1v) is 9.83. The fraction of sp³-hybridized carbons (Fsp3) is 0.167. The number of benzene rings is 3. The number of nitrogens with zero attached hydrogens (tertiary/aromatic N) is 2. The molecule has 0 bridgehead atoms. The van der Waals surface area contributed by atoms with Crippen molar-refractivity contribution in [2.45, 2.75) is 19.6 Å². The number of aromatic nitrogens is 2. The van der Waals surface area contributed by atoms with Crippen LogP contribution in [0.5, 0.6) is 5.75 Å². The highest BCUT2D eigenvalue weighted by atomic mass is 16.5. The number of fused-ring (bicyclic) bond motifs is 1. The summed E-state index contributed by atoms with van der Waals surface area (Å²) in [5.41, 5.74) is 5.37. The topological polar surface area (TPSA) is 68.2 Å². The van der Waals surface area contributed by atoms with Gasteiger partial charge in [-0.15, -0.1) is 0 Å². The molecular weight excluding hydrogens is 376 g/mol. The molecule has 30 heavy (non-hydrogen) atoms. The van der Waals surface area contributed by atoms with Gasteiger partial charge in [0, 0.05) is 19.6 Å². The van der Waals surface area contributed by atoms with Crippen LogP contribution in [0, 0.1) is 0 Å². The maximum atomic E-state index is 12.1. The van der Waals surface area contributed by atoms with E-state index in [0.717, 1.165) is 34.5 Å². The van der Waals surface area contributed by atoms with Crippen LogP contribution in [0.4, 0.5) is 4.79 Å². The highest BCUT2D eigenvalue weighted by Crippen LogP contribution is 2.15. The predicted octanol–water partition coefficient (Wildman–Crippen LogP) is 4.09. The molecule has 4 rings (SSSR count). The van der Waals surface area contributed by atoms with E-state index in [1.807, 2.05) is 60.9 Å². The Kier molecular flexibility index (Phi) is 5.94. The number of nitrogens with one attached hydrogen (secondary N) is 2. The minimum atomic E-state index is -0.195. The summed E-state index contributed by atoms with van der Waals surface area (Å²) >= 11 is 0. The number of urea groups is 1. The molecule has 6 heteroatoms. The minimum Gasteiger partial charge on any atom is -0.497 e. The van der Waals surface area contributed by atoms with E-state index in [1.54, 1.807) is 7.11 Å². The average Bonchev–Trinajstić information content (AvgIpc) is 3.20. The van der Waals surface area contributed by atoms with Crippen molar-refractivity contribution >= 4 is 17.1 Å². The van der Waals surface area contributed by atoms with Gasteiger partial charge in [-0.1, -0.05) is 48.5 Å². The Morgan fingerprint density at radius 2 is 1.47 bits per heavy atom. The summed E-state index contributed by atoms with van der Waals surface area (Å²) in [4.78, 5) is 16.5. The number of methoxy groups -OCH3 is 1. The monoisotopic (exact) mass is 400 g/mol. The van der Waals surface area contributed by atoms with Crippen molar-refractivity contribution in [2.75, 3.05) is 7.11 Å². The molecule has 0 saturated heterocycles. The largest absolute Gasteiger partial charge is 0.497 e. The van der Waals surface area contributed by atoms with Crippen LogP contribution < -0.4 is 15.4 Å². The fourth-order valence-corrected chi connectivity index (χ4v) is 3.27. The van der Waals surface area contributed by atoms with E-state index in [2.05, 4.69) is 38.4 Å². The molecule has 2 amide bonds. The highest BCUT2D eigenvalue weighted by Gasteiger charge is 2.04. The Morgan fingerprint density at radius 1 is 0.867 bits per heavy atom. The molecule has 0 atom stereocenters. The quantitative estimate of drug-likeness (QED) is 0.491. The molecule has 0 spiro atoms. The molecule has 4 aromatic rings. The lowest BCUT2D eigenvalue weighted by molar-refractivity contribution is 0.240. The number of para-hydroxylation sites is 2. The number of carbonyl (C=O) groups is 1. The van der Waals surface area contributed by atoms with Gasteiger partial charge in [-0.25, -0.2) is 9.78 Å². The van der Waals surface area contributed by atoms with Crippen LogP contribution in [0.15, 0.2) is 79.1 Å². The normalized spacial score (nSPS) is 10.7. The Labute approximate surface area is 175 Å². The molecule has 2 N–H and O–H groups in total. The molecule has 1 aromatic heterocycles. The van der Waals surface area contributed by atoms with Crippen molar-refractivity contribution in [3.05, 3.63) is 95.8 Å². The fourth-order valence-electron chi connectivity index (χ4n) is 3.27. The van der Waals surface area contributed by atoms with E-state index in [-0.39, 0.29) is 6.03 Å².